The molecule has 1 saturated heterocycles. The molecule has 0 saturated carbocycles. The molecule has 0 aromatic heterocycles. The van der Waals surface area contributed by atoms with Gasteiger partial charge in [0.05, 0.1) is 11.3 Å². The molecule has 21 heavy (non-hydrogen) atoms. The normalized spacial score (nSPS) is 21.9. The fourth-order valence-electron chi connectivity index (χ4n) is 2.05. The van der Waals surface area contributed by atoms with E-state index < -0.39 is 27.9 Å². The molecule has 0 bridgehead atoms. The highest BCUT2D eigenvalue weighted by atomic mass is 32.2. The van der Waals surface area contributed by atoms with Gasteiger partial charge in [0.25, 0.3) is 0 Å². The number of sulfone groups is 1. The molecule has 1 heterocycles. The lowest BCUT2D eigenvalue weighted by Crippen LogP contribution is -2.22. The minimum Gasteiger partial charge on any atom is -0.460 e. The van der Waals surface area contributed by atoms with Crippen LogP contribution in [0.25, 0.3) is 0 Å². The second-order valence-corrected chi connectivity index (χ2v) is 7.28. The molecule has 2 atom stereocenters. The smallest absolute Gasteiger partial charge is 0.347 e. The Hall–Kier alpha value is -1.89. The summed E-state index contributed by atoms with van der Waals surface area (Å²) in [6.45, 7) is 1.73. The summed E-state index contributed by atoms with van der Waals surface area (Å²) in [5.41, 5.74) is 0.850. The number of carbonyl (C=O) groups excluding carboxylic acids is 2. The van der Waals surface area contributed by atoms with Crippen molar-refractivity contribution in [2.45, 2.75) is 31.3 Å². The maximum atomic E-state index is 11.9. The van der Waals surface area contributed by atoms with E-state index in [1.807, 2.05) is 0 Å². The number of cyclic esters (lactones) is 1. The van der Waals surface area contributed by atoms with E-state index in [1.54, 1.807) is 19.1 Å². The summed E-state index contributed by atoms with van der Waals surface area (Å²) in [5, 5.41) is 0. The van der Waals surface area contributed by atoms with Crippen LogP contribution in [0, 0.1) is 0 Å². The van der Waals surface area contributed by atoms with Gasteiger partial charge in [-0.25, -0.2) is 18.0 Å². The molecule has 0 amide bonds. The number of carbonyl (C=O) groups is 2. The van der Waals surface area contributed by atoms with E-state index >= 15 is 0 Å². The van der Waals surface area contributed by atoms with Crippen molar-refractivity contribution in [2.24, 2.45) is 0 Å². The Balaban J connectivity index is 2.02. The molecule has 0 spiro atoms. The van der Waals surface area contributed by atoms with Gasteiger partial charge in [0.1, 0.15) is 6.10 Å². The van der Waals surface area contributed by atoms with Gasteiger partial charge >= 0.3 is 11.9 Å². The molecule has 1 aliphatic rings. The minimum atomic E-state index is -3.12. The first-order valence-corrected chi connectivity index (χ1v) is 8.49. The zero-order valence-corrected chi connectivity index (χ0v) is 12.6. The zero-order valence-electron chi connectivity index (χ0n) is 11.7. The summed E-state index contributed by atoms with van der Waals surface area (Å²) in [5.74, 6) is -1.25. The average molecular weight is 312 g/mol. The first-order valence-electron chi connectivity index (χ1n) is 6.43. The van der Waals surface area contributed by atoms with Gasteiger partial charge < -0.3 is 9.47 Å². The van der Waals surface area contributed by atoms with Gasteiger partial charge in [-0.1, -0.05) is 12.1 Å². The van der Waals surface area contributed by atoms with Crippen LogP contribution in [-0.2, 0) is 29.9 Å². The predicted molar refractivity (Wildman–Crippen MR) is 74.4 cm³/mol. The Bertz CT molecular complexity index is 647. The fourth-order valence-corrected chi connectivity index (χ4v) is 2.85. The van der Waals surface area contributed by atoms with E-state index in [2.05, 4.69) is 0 Å². The SMILES string of the molecule is C[C@H]1C[C@H](OC(=O)c2ccc(CS(C)(=O)=O)cc2)C(=O)O1. The second-order valence-electron chi connectivity index (χ2n) is 5.14. The van der Waals surface area contributed by atoms with E-state index in [9.17, 15) is 18.0 Å². The van der Waals surface area contributed by atoms with Gasteiger partial charge in [0.2, 0.25) is 6.10 Å². The van der Waals surface area contributed by atoms with Crippen LogP contribution in [-0.4, -0.2) is 38.8 Å². The van der Waals surface area contributed by atoms with Crippen LogP contribution in [0.15, 0.2) is 24.3 Å². The topological polar surface area (TPSA) is 86.7 Å². The Morgan fingerprint density at radius 2 is 1.95 bits per heavy atom. The average Bonchev–Trinajstić information content (AvgIpc) is 2.66. The number of hydrogen-bond donors (Lipinski definition) is 0. The fraction of sp³-hybridized carbons (Fsp3) is 0.429. The Labute approximate surface area is 123 Å². The molecule has 2 rings (SSSR count). The van der Waals surface area contributed by atoms with E-state index in [1.165, 1.54) is 12.1 Å². The van der Waals surface area contributed by atoms with Crippen LogP contribution < -0.4 is 0 Å². The molecule has 1 aromatic rings. The van der Waals surface area contributed by atoms with Crippen LogP contribution in [0.3, 0.4) is 0 Å². The van der Waals surface area contributed by atoms with Crippen molar-refractivity contribution < 1.29 is 27.5 Å². The Kier molecular flexibility index (Phi) is 4.32. The molecular formula is C14H16O6S. The summed E-state index contributed by atoms with van der Waals surface area (Å²) in [6, 6.07) is 6.06. The monoisotopic (exact) mass is 312 g/mol. The second kappa shape index (κ2) is 5.85. The highest BCUT2D eigenvalue weighted by Crippen LogP contribution is 2.19. The first-order chi connectivity index (χ1) is 9.74. The van der Waals surface area contributed by atoms with Gasteiger partial charge in [0, 0.05) is 12.7 Å². The highest BCUT2D eigenvalue weighted by molar-refractivity contribution is 7.89. The zero-order chi connectivity index (χ0) is 15.6. The predicted octanol–water partition coefficient (Wildman–Crippen LogP) is 1.09. The molecule has 0 radical (unpaired) electrons. The number of rotatable bonds is 4. The van der Waals surface area contributed by atoms with Gasteiger partial charge in [-0.3, -0.25) is 0 Å². The first kappa shape index (κ1) is 15.5. The van der Waals surface area contributed by atoms with Gasteiger partial charge in [0.15, 0.2) is 9.84 Å². The number of ether oxygens (including phenoxy) is 2. The van der Waals surface area contributed by atoms with E-state index in [0.29, 0.717) is 12.0 Å². The maximum absolute atomic E-state index is 11.9. The molecule has 7 heteroatoms. The lowest BCUT2D eigenvalue weighted by Gasteiger charge is -2.08. The van der Waals surface area contributed by atoms with Crippen LogP contribution in [0.5, 0.6) is 0 Å². The van der Waals surface area contributed by atoms with Crippen LogP contribution in [0.1, 0.15) is 29.3 Å². The van der Waals surface area contributed by atoms with Crippen LogP contribution >= 0.6 is 0 Å². The minimum absolute atomic E-state index is 0.0885. The Morgan fingerprint density at radius 1 is 1.33 bits per heavy atom. The van der Waals surface area contributed by atoms with Gasteiger partial charge in [-0.15, -0.1) is 0 Å². The largest absolute Gasteiger partial charge is 0.460 e. The van der Waals surface area contributed by atoms with Crippen molar-refractivity contribution in [3.8, 4) is 0 Å². The van der Waals surface area contributed by atoms with E-state index in [4.69, 9.17) is 9.47 Å². The number of hydrogen-bond acceptors (Lipinski definition) is 6. The van der Waals surface area contributed by atoms with E-state index in [0.717, 1.165) is 6.26 Å². The standard InChI is InChI=1S/C14H16O6S/c1-9-7-12(14(16)19-9)20-13(15)11-5-3-10(4-6-11)8-21(2,17)18/h3-6,9,12H,7-8H2,1-2H3/t9-,12-/m0/s1. The summed E-state index contributed by atoms with van der Waals surface area (Å²) in [4.78, 5) is 23.3. The Morgan fingerprint density at radius 3 is 2.43 bits per heavy atom. The summed E-state index contributed by atoms with van der Waals surface area (Å²) in [6.07, 6.45) is 0.356. The van der Waals surface area contributed by atoms with E-state index in [-0.39, 0.29) is 17.4 Å². The molecule has 0 N–H and O–H groups in total. The highest BCUT2D eigenvalue weighted by Gasteiger charge is 2.35. The van der Waals surface area contributed by atoms with Gasteiger partial charge in [-0.2, -0.15) is 0 Å². The van der Waals surface area contributed by atoms with Crippen LogP contribution in [0.4, 0.5) is 0 Å². The van der Waals surface area contributed by atoms with Crippen LogP contribution in [0.2, 0.25) is 0 Å². The summed E-state index contributed by atoms with van der Waals surface area (Å²) in [7, 11) is -3.12. The van der Waals surface area contributed by atoms with Crippen molar-refractivity contribution in [1.29, 1.82) is 0 Å². The van der Waals surface area contributed by atoms with Crippen molar-refractivity contribution in [1.82, 2.24) is 0 Å². The molecule has 114 valence electrons. The molecular weight excluding hydrogens is 296 g/mol. The molecule has 0 unspecified atom stereocenters. The quantitative estimate of drug-likeness (QED) is 0.774. The lowest BCUT2D eigenvalue weighted by molar-refractivity contribution is -0.147. The molecule has 1 aromatic carbocycles. The van der Waals surface area contributed by atoms with Crippen molar-refractivity contribution in [3.63, 3.8) is 0 Å². The number of benzene rings is 1. The number of esters is 2. The molecule has 1 fully saturated rings. The summed E-state index contributed by atoms with van der Waals surface area (Å²) < 4.78 is 32.3. The third-order valence-electron chi connectivity index (χ3n) is 2.99. The van der Waals surface area contributed by atoms with Crippen molar-refractivity contribution in [2.75, 3.05) is 6.26 Å². The molecule has 6 nitrogen and oxygen atoms in total. The van der Waals surface area contributed by atoms with Crippen molar-refractivity contribution >= 4 is 21.8 Å². The van der Waals surface area contributed by atoms with Gasteiger partial charge in [-0.05, 0) is 24.6 Å². The lowest BCUT2D eigenvalue weighted by atomic mass is 10.1. The maximum Gasteiger partial charge on any atom is 0.347 e. The molecule has 1 aliphatic heterocycles. The van der Waals surface area contributed by atoms with Crippen molar-refractivity contribution in [3.05, 3.63) is 35.4 Å². The third kappa shape index (κ3) is 4.29. The summed E-state index contributed by atoms with van der Waals surface area (Å²) >= 11 is 0. The third-order valence-corrected chi connectivity index (χ3v) is 3.85. The molecule has 0 aliphatic carbocycles.